The van der Waals surface area contributed by atoms with Gasteiger partial charge >= 0.3 is 5.97 Å². The van der Waals surface area contributed by atoms with E-state index in [4.69, 9.17) is 9.73 Å². The number of rotatable bonds is 6. The average molecular weight is 581 g/mol. The van der Waals surface area contributed by atoms with Crippen LogP contribution < -0.4 is 0 Å². The molecule has 2 atom stereocenters. The van der Waals surface area contributed by atoms with Crippen molar-refractivity contribution < 1.29 is 14.6 Å². The molecule has 0 bridgehead atoms. The third kappa shape index (κ3) is 4.36. The molecular formula is C32H32N6O3S. The smallest absolute Gasteiger partial charge is 0.326 e. The molecule has 2 aromatic heterocycles. The van der Waals surface area contributed by atoms with Gasteiger partial charge in [-0.1, -0.05) is 43.3 Å². The summed E-state index contributed by atoms with van der Waals surface area (Å²) in [4.78, 5) is 21.9. The minimum Gasteiger partial charge on any atom is -0.480 e. The number of thiophene rings is 1. The quantitative estimate of drug-likeness (QED) is 0.331. The van der Waals surface area contributed by atoms with Crippen molar-refractivity contribution in [2.24, 2.45) is 4.99 Å². The van der Waals surface area contributed by atoms with Crippen LogP contribution in [0.15, 0.2) is 53.5 Å². The number of nitrogens with zero attached hydrogens (tertiary/aromatic N) is 6. The zero-order chi connectivity index (χ0) is 29.6. The third-order valence-electron chi connectivity index (χ3n) is 8.58. The summed E-state index contributed by atoms with van der Waals surface area (Å²) >= 11 is 1.65. The van der Waals surface area contributed by atoms with Gasteiger partial charge in [0.25, 0.3) is 0 Å². The van der Waals surface area contributed by atoms with E-state index >= 15 is 0 Å². The first-order valence-corrected chi connectivity index (χ1v) is 14.9. The maximum atomic E-state index is 13.4. The highest BCUT2D eigenvalue weighted by atomic mass is 32.1. The number of nitriles is 1. The molecule has 10 heteroatoms. The number of aliphatic carboxylic acids is 1. The Kier molecular flexibility index (Phi) is 7.27. The lowest BCUT2D eigenvalue weighted by Crippen LogP contribution is -2.61. The van der Waals surface area contributed by atoms with E-state index in [-0.39, 0.29) is 0 Å². The molecule has 4 aromatic rings. The number of aliphatic imine (C=N–C) groups is 1. The number of ether oxygens (including phenoxy) is 1. The van der Waals surface area contributed by atoms with Crippen LogP contribution in [0.3, 0.4) is 0 Å². The molecule has 1 N–H and O–H groups in total. The Morgan fingerprint density at radius 2 is 1.81 bits per heavy atom. The lowest BCUT2D eigenvalue weighted by atomic mass is 9.84. The fraction of sp³-hybridized carbons (Fsp3) is 0.344. The number of fused-ring (bicyclic) bond motifs is 3. The second kappa shape index (κ2) is 10.9. The first-order chi connectivity index (χ1) is 20.3. The molecular weight excluding hydrogens is 548 g/mol. The summed E-state index contributed by atoms with van der Waals surface area (Å²) in [6, 6.07) is 17.0. The van der Waals surface area contributed by atoms with Crippen molar-refractivity contribution in [2.75, 3.05) is 26.3 Å². The van der Waals surface area contributed by atoms with Crippen LogP contribution in [0.2, 0.25) is 0 Å². The molecule has 0 aliphatic carbocycles. The molecule has 4 heterocycles. The van der Waals surface area contributed by atoms with Gasteiger partial charge in [0.2, 0.25) is 0 Å². The number of aryl methyl sites for hydroxylation is 2. The third-order valence-corrected chi connectivity index (χ3v) is 9.77. The van der Waals surface area contributed by atoms with Crippen LogP contribution in [0.4, 0.5) is 0 Å². The first-order valence-electron chi connectivity index (χ1n) is 14.1. The molecule has 0 amide bonds. The van der Waals surface area contributed by atoms with Gasteiger partial charge in [-0.15, -0.1) is 21.5 Å². The molecule has 1 saturated heterocycles. The first kappa shape index (κ1) is 28.0. The molecule has 214 valence electrons. The highest BCUT2D eigenvalue weighted by Gasteiger charge is 2.54. The van der Waals surface area contributed by atoms with Gasteiger partial charge in [0, 0.05) is 29.1 Å². The Morgan fingerprint density at radius 1 is 1.10 bits per heavy atom. The minimum atomic E-state index is -1.35. The lowest BCUT2D eigenvalue weighted by molar-refractivity contribution is -0.158. The van der Waals surface area contributed by atoms with E-state index in [0.29, 0.717) is 49.9 Å². The van der Waals surface area contributed by atoms with Crippen LogP contribution in [0.5, 0.6) is 0 Å². The standard InChI is InChI=1S/C32H32N6O3S/c1-5-32(31(39)40,37-13-15-41-16-14-37)28-29-36-35-21(4)38(29)30-26(19(2)20(3)42-30)27(34-28)24-11-9-23(10-12-24)25-8-6-7-22(17-25)18-33/h6-12,17,28H,5,13-16H2,1-4H3,(H,39,40)/t28?,32-/m0/s1. The van der Waals surface area contributed by atoms with Crippen LogP contribution in [0.1, 0.15) is 58.2 Å². The van der Waals surface area contributed by atoms with Gasteiger partial charge < -0.3 is 9.84 Å². The Hall–Kier alpha value is -4.17. The number of carbonyl (C=O) groups is 1. The van der Waals surface area contributed by atoms with Gasteiger partial charge in [-0.05, 0) is 56.0 Å². The Bertz CT molecular complexity index is 1740. The Morgan fingerprint density at radius 3 is 2.48 bits per heavy atom. The number of hydrogen-bond acceptors (Lipinski definition) is 8. The fourth-order valence-corrected chi connectivity index (χ4v) is 7.40. The van der Waals surface area contributed by atoms with Crippen molar-refractivity contribution in [3.8, 4) is 22.2 Å². The summed E-state index contributed by atoms with van der Waals surface area (Å²) in [5.41, 5.74) is 4.89. The monoisotopic (exact) mass is 580 g/mol. The van der Waals surface area contributed by atoms with Crippen molar-refractivity contribution in [1.82, 2.24) is 19.7 Å². The number of morpholine rings is 1. The van der Waals surface area contributed by atoms with Crippen LogP contribution in [-0.4, -0.2) is 68.3 Å². The molecule has 0 spiro atoms. The lowest BCUT2D eigenvalue weighted by Gasteiger charge is -2.44. The molecule has 2 aliphatic rings. The van der Waals surface area contributed by atoms with Crippen molar-refractivity contribution >= 4 is 23.0 Å². The van der Waals surface area contributed by atoms with Gasteiger partial charge in [0.05, 0.1) is 30.6 Å². The number of aromatic nitrogens is 3. The minimum absolute atomic E-state index is 0.329. The predicted molar refractivity (Wildman–Crippen MR) is 161 cm³/mol. The van der Waals surface area contributed by atoms with Crippen molar-refractivity contribution in [1.29, 1.82) is 5.26 Å². The summed E-state index contributed by atoms with van der Waals surface area (Å²) in [7, 11) is 0. The largest absolute Gasteiger partial charge is 0.480 e. The summed E-state index contributed by atoms with van der Waals surface area (Å²) in [5.74, 6) is 0.294. The van der Waals surface area contributed by atoms with Crippen molar-refractivity contribution in [2.45, 2.75) is 45.7 Å². The molecule has 9 nitrogen and oxygen atoms in total. The number of benzene rings is 2. The molecule has 1 unspecified atom stereocenters. The van der Waals surface area contributed by atoms with E-state index in [2.05, 4.69) is 30.1 Å². The van der Waals surface area contributed by atoms with Gasteiger partial charge in [-0.3, -0.25) is 19.3 Å². The second-order valence-electron chi connectivity index (χ2n) is 10.7. The maximum Gasteiger partial charge on any atom is 0.326 e. The summed E-state index contributed by atoms with van der Waals surface area (Å²) in [6.45, 7) is 9.90. The number of hydrogen-bond donors (Lipinski definition) is 1. The number of carboxylic acid groups (broad SMARTS) is 1. The molecule has 6 rings (SSSR count). The number of carboxylic acids is 1. The van der Waals surface area contributed by atoms with Gasteiger partial charge in [0.15, 0.2) is 5.82 Å². The van der Waals surface area contributed by atoms with E-state index < -0.39 is 17.6 Å². The SMILES string of the molecule is CC[C@@](C(=O)O)(C1N=C(c2ccc(-c3cccc(C#N)c3)cc2)c2c(sc(C)c2C)-n2c(C)nnc21)N1CCOCC1. The van der Waals surface area contributed by atoms with Crippen LogP contribution in [0, 0.1) is 32.1 Å². The van der Waals surface area contributed by atoms with E-state index in [1.807, 2.05) is 65.8 Å². The van der Waals surface area contributed by atoms with Crippen molar-refractivity contribution in [3.05, 3.63) is 87.3 Å². The molecule has 42 heavy (non-hydrogen) atoms. The topological polar surface area (TPSA) is 117 Å². The summed E-state index contributed by atoms with van der Waals surface area (Å²) < 4.78 is 7.62. The van der Waals surface area contributed by atoms with Crippen LogP contribution in [0.25, 0.3) is 16.1 Å². The normalized spacial score (nSPS) is 18.3. The predicted octanol–water partition coefficient (Wildman–Crippen LogP) is 5.25. The van der Waals surface area contributed by atoms with E-state index in [0.717, 1.165) is 43.4 Å². The highest BCUT2D eigenvalue weighted by Crippen LogP contribution is 2.45. The van der Waals surface area contributed by atoms with Crippen LogP contribution in [-0.2, 0) is 9.53 Å². The van der Waals surface area contributed by atoms with E-state index in [1.165, 1.54) is 0 Å². The summed E-state index contributed by atoms with van der Waals surface area (Å²) in [5, 5.41) is 30.3. The summed E-state index contributed by atoms with van der Waals surface area (Å²) in [6.07, 6.45) is 0.329. The van der Waals surface area contributed by atoms with Crippen LogP contribution >= 0.6 is 11.3 Å². The zero-order valence-corrected chi connectivity index (χ0v) is 24.9. The van der Waals surface area contributed by atoms with E-state index in [1.54, 1.807) is 17.4 Å². The molecule has 1 fully saturated rings. The highest BCUT2D eigenvalue weighted by molar-refractivity contribution is 7.15. The zero-order valence-electron chi connectivity index (χ0n) is 24.1. The van der Waals surface area contributed by atoms with Gasteiger partial charge in [-0.2, -0.15) is 5.26 Å². The Labute approximate surface area is 248 Å². The average Bonchev–Trinajstić information content (AvgIpc) is 3.48. The van der Waals surface area contributed by atoms with Gasteiger partial charge in [-0.25, -0.2) is 0 Å². The molecule has 0 radical (unpaired) electrons. The molecule has 0 saturated carbocycles. The van der Waals surface area contributed by atoms with E-state index in [9.17, 15) is 15.2 Å². The Balaban J connectivity index is 1.58. The fourth-order valence-electron chi connectivity index (χ4n) is 6.19. The maximum absolute atomic E-state index is 13.4. The molecule has 2 aromatic carbocycles. The molecule has 2 aliphatic heterocycles. The van der Waals surface area contributed by atoms with Gasteiger partial charge in [0.1, 0.15) is 22.4 Å². The second-order valence-corrected chi connectivity index (χ2v) is 11.9. The van der Waals surface area contributed by atoms with Crippen molar-refractivity contribution in [3.63, 3.8) is 0 Å².